The Morgan fingerprint density at radius 2 is 1.90 bits per heavy atom. The lowest BCUT2D eigenvalue weighted by atomic mass is 10.1. The Morgan fingerprint density at radius 1 is 1.19 bits per heavy atom. The third-order valence-corrected chi connectivity index (χ3v) is 5.79. The molecule has 2 aromatic carbocycles. The minimum absolute atomic E-state index is 0.112. The number of hydrogen-bond acceptors (Lipinski definition) is 6. The molecule has 0 saturated carbocycles. The Hall–Kier alpha value is -2.78. The number of nitrogens with one attached hydrogen (secondary N) is 1. The number of halogens is 1. The van der Waals surface area contributed by atoms with Gasteiger partial charge >= 0.3 is 5.69 Å². The van der Waals surface area contributed by atoms with Crippen LogP contribution in [0.1, 0.15) is 29.8 Å². The summed E-state index contributed by atoms with van der Waals surface area (Å²) >= 11 is 7.57. The van der Waals surface area contributed by atoms with Crippen LogP contribution in [0, 0.1) is 10.1 Å². The van der Waals surface area contributed by atoms with Gasteiger partial charge in [-0.2, -0.15) is 0 Å². The van der Waals surface area contributed by atoms with E-state index in [1.165, 1.54) is 31.0 Å². The fourth-order valence-corrected chi connectivity index (χ4v) is 3.91. The largest absolute Gasteiger partial charge is 0.490 e. The number of nitro benzene ring substituents is 1. The molecule has 0 aromatic heterocycles. The van der Waals surface area contributed by atoms with E-state index in [0.717, 1.165) is 0 Å². The summed E-state index contributed by atoms with van der Waals surface area (Å²) < 4.78 is 4.98. The van der Waals surface area contributed by atoms with Crippen LogP contribution < -0.4 is 10.1 Å². The molecule has 0 aliphatic carbocycles. The van der Waals surface area contributed by atoms with Gasteiger partial charge in [0.2, 0.25) is 5.91 Å². The minimum Gasteiger partial charge on any atom is -0.490 e. The Bertz CT molecular complexity index is 966. The maximum atomic E-state index is 12.4. The Morgan fingerprint density at radius 3 is 2.48 bits per heavy atom. The van der Waals surface area contributed by atoms with E-state index in [1.807, 2.05) is 13.8 Å². The SMILES string of the molecule is CCN(CC)C(=O)c1ccc(NC(=O)CSCc2ccc(OC)c([N+](=O)[O-])c2)cc1Cl. The summed E-state index contributed by atoms with van der Waals surface area (Å²) in [5.41, 5.74) is 1.48. The summed E-state index contributed by atoms with van der Waals surface area (Å²) in [6.07, 6.45) is 0. The number of nitrogens with zero attached hydrogens (tertiary/aromatic N) is 2. The molecule has 0 atom stereocenters. The highest BCUT2D eigenvalue weighted by molar-refractivity contribution is 7.99. The number of thioether (sulfide) groups is 1. The number of anilines is 1. The van der Waals surface area contributed by atoms with E-state index in [1.54, 1.807) is 29.2 Å². The van der Waals surface area contributed by atoms with Crippen LogP contribution in [0.15, 0.2) is 36.4 Å². The lowest BCUT2D eigenvalue weighted by molar-refractivity contribution is -0.385. The fraction of sp³-hybridized carbons (Fsp3) is 0.333. The molecule has 1 N–H and O–H groups in total. The molecule has 0 spiro atoms. The molecule has 0 saturated heterocycles. The number of amides is 2. The van der Waals surface area contributed by atoms with Gasteiger partial charge in [-0.3, -0.25) is 19.7 Å². The highest BCUT2D eigenvalue weighted by atomic mass is 35.5. The number of carbonyl (C=O) groups is 2. The quantitative estimate of drug-likeness (QED) is 0.406. The van der Waals surface area contributed by atoms with E-state index >= 15 is 0 Å². The van der Waals surface area contributed by atoms with E-state index in [2.05, 4.69) is 5.32 Å². The van der Waals surface area contributed by atoms with Gasteiger partial charge in [-0.15, -0.1) is 11.8 Å². The van der Waals surface area contributed by atoms with E-state index in [9.17, 15) is 19.7 Å². The van der Waals surface area contributed by atoms with E-state index in [-0.39, 0.29) is 34.0 Å². The van der Waals surface area contributed by atoms with Crippen LogP contribution in [0.3, 0.4) is 0 Å². The van der Waals surface area contributed by atoms with Crippen molar-refractivity contribution in [1.82, 2.24) is 4.90 Å². The lowest BCUT2D eigenvalue weighted by Gasteiger charge is -2.19. The standard InChI is InChI=1S/C21H24ClN3O5S/c1-4-24(5-2)21(27)16-8-7-15(11-17(16)22)23-20(26)13-31-12-14-6-9-19(30-3)18(10-14)25(28)29/h6-11H,4-5,12-13H2,1-3H3,(H,23,26). The van der Waals surface area contributed by atoms with Crippen LogP contribution >= 0.6 is 23.4 Å². The van der Waals surface area contributed by atoms with Gasteiger partial charge in [0.15, 0.2) is 5.75 Å². The second-order valence-corrected chi connectivity index (χ2v) is 7.87. The maximum Gasteiger partial charge on any atom is 0.311 e. The van der Waals surface area contributed by atoms with Gasteiger partial charge in [-0.05, 0) is 43.7 Å². The average Bonchev–Trinajstić information content (AvgIpc) is 2.74. The molecule has 0 radical (unpaired) electrons. The van der Waals surface area contributed by atoms with E-state index < -0.39 is 4.92 Å². The third-order valence-electron chi connectivity index (χ3n) is 4.48. The first-order chi connectivity index (χ1) is 14.8. The summed E-state index contributed by atoms with van der Waals surface area (Å²) in [6.45, 7) is 4.95. The number of methoxy groups -OCH3 is 1. The topological polar surface area (TPSA) is 102 Å². The smallest absolute Gasteiger partial charge is 0.311 e. The zero-order valence-electron chi connectivity index (χ0n) is 17.5. The number of carbonyl (C=O) groups excluding carboxylic acids is 2. The molecule has 2 aromatic rings. The maximum absolute atomic E-state index is 12.4. The number of ether oxygens (including phenoxy) is 1. The molecule has 31 heavy (non-hydrogen) atoms. The van der Waals surface area contributed by atoms with Crippen molar-refractivity contribution in [3.8, 4) is 5.75 Å². The van der Waals surface area contributed by atoms with Crippen molar-refractivity contribution < 1.29 is 19.2 Å². The first-order valence-electron chi connectivity index (χ1n) is 9.58. The van der Waals surface area contributed by atoms with Crippen molar-refractivity contribution in [1.29, 1.82) is 0 Å². The summed E-state index contributed by atoms with van der Waals surface area (Å²) in [5, 5.41) is 14.1. The molecular formula is C21H24ClN3O5S. The number of nitro groups is 1. The van der Waals surface area contributed by atoms with E-state index in [0.29, 0.717) is 35.7 Å². The summed E-state index contributed by atoms with van der Waals surface area (Å²) in [4.78, 5) is 36.9. The lowest BCUT2D eigenvalue weighted by Crippen LogP contribution is -2.30. The predicted molar refractivity (Wildman–Crippen MR) is 123 cm³/mol. The zero-order valence-corrected chi connectivity index (χ0v) is 19.1. The van der Waals surface area contributed by atoms with Crippen molar-refractivity contribution in [2.45, 2.75) is 19.6 Å². The Labute approximate surface area is 190 Å². The molecule has 0 bridgehead atoms. The van der Waals surface area contributed by atoms with Crippen LogP contribution in [0.2, 0.25) is 5.02 Å². The minimum atomic E-state index is -0.502. The second kappa shape index (κ2) is 11.6. The number of benzene rings is 2. The summed E-state index contributed by atoms with van der Waals surface area (Å²) in [7, 11) is 1.37. The molecule has 2 amide bonds. The molecular weight excluding hydrogens is 442 g/mol. The summed E-state index contributed by atoms with van der Waals surface area (Å²) in [5.74, 6) is 0.369. The second-order valence-electron chi connectivity index (χ2n) is 6.48. The molecule has 0 fully saturated rings. The molecule has 0 aliphatic rings. The van der Waals surface area contributed by atoms with Gasteiger partial charge in [-0.25, -0.2) is 0 Å². The van der Waals surface area contributed by atoms with Crippen molar-refractivity contribution in [2.75, 3.05) is 31.3 Å². The molecule has 0 aliphatic heterocycles. The molecule has 0 unspecified atom stereocenters. The monoisotopic (exact) mass is 465 g/mol. The van der Waals surface area contributed by atoms with Crippen LogP contribution in [0.5, 0.6) is 5.75 Å². The Balaban J connectivity index is 1.93. The van der Waals surface area contributed by atoms with Crippen molar-refractivity contribution in [3.05, 3.63) is 62.7 Å². The zero-order chi connectivity index (χ0) is 23.0. The molecule has 10 heteroatoms. The Kier molecular flexibility index (Phi) is 9.14. The number of hydrogen-bond donors (Lipinski definition) is 1. The first kappa shape index (κ1) is 24.5. The van der Waals surface area contributed by atoms with Crippen molar-refractivity contribution >= 4 is 46.6 Å². The van der Waals surface area contributed by atoms with Gasteiger partial charge < -0.3 is 15.0 Å². The van der Waals surface area contributed by atoms with Crippen LogP contribution in [-0.2, 0) is 10.5 Å². The average molecular weight is 466 g/mol. The van der Waals surface area contributed by atoms with Gasteiger partial charge in [0.1, 0.15) is 0 Å². The van der Waals surface area contributed by atoms with Gasteiger partial charge in [0.25, 0.3) is 5.91 Å². The highest BCUT2D eigenvalue weighted by Crippen LogP contribution is 2.29. The third kappa shape index (κ3) is 6.60. The molecule has 2 rings (SSSR count). The molecule has 8 nitrogen and oxygen atoms in total. The predicted octanol–water partition coefficient (Wildman–Crippen LogP) is 4.61. The molecule has 0 heterocycles. The van der Waals surface area contributed by atoms with Crippen LogP contribution in [0.25, 0.3) is 0 Å². The van der Waals surface area contributed by atoms with Gasteiger partial charge in [0, 0.05) is 30.6 Å². The number of rotatable bonds is 10. The van der Waals surface area contributed by atoms with Crippen molar-refractivity contribution in [3.63, 3.8) is 0 Å². The normalized spacial score (nSPS) is 10.5. The van der Waals surface area contributed by atoms with E-state index in [4.69, 9.17) is 16.3 Å². The fourth-order valence-electron chi connectivity index (χ4n) is 2.87. The first-order valence-corrected chi connectivity index (χ1v) is 11.1. The van der Waals surface area contributed by atoms with Gasteiger partial charge in [0.05, 0.1) is 28.4 Å². The van der Waals surface area contributed by atoms with Gasteiger partial charge in [-0.1, -0.05) is 17.7 Å². The van der Waals surface area contributed by atoms with Crippen molar-refractivity contribution in [2.24, 2.45) is 0 Å². The summed E-state index contributed by atoms with van der Waals surface area (Å²) in [6, 6.07) is 9.49. The van der Waals surface area contributed by atoms with Crippen LogP contribution in [-0.4, -0.2) is 47.6 Å². The highest BCUT2D eigenvalue weighted by Gasteiger charge is 2.17. The molecule has 166 valence electrons. The van der Waals surface area contributed by atoms with Crippen LogP contribution in [0.4, 0.5) is 11.4 Å².